The van der Waals surface area contributed by atoms with E-state index < -0.39 is 0 Å². The van der Waals surface area contributed by atoms with E-state index in [4.69, 9.17) is 13.9 Å². The minimum atomic E-state index is 0.449. The highest BCUT2D eigenvalue weighted by Gasteiger charge is 2.09. The summed E-state index contributed by atoms with van der Waals surface area (Å²) in [4.78, 5) is 0. The van der Waals surface area contributed by atoms with Crippen molar-refractivity contribution >= 4 is 0 Å². The highest BCUT2D eigenvalue weighted by molar-refractivity contribution is 5.07. The second-order valence-electron chi connectivity index (χ2n) is 4.38. The van der Waals surface area contributed by atoms with Crippen LogP contribution < -0.4 is 5.32 Å². The predicted molar refractivity (Wildman–Crippen MR) is 71.8 cm³/mol. The van der Waals surface area contributed by atoms with E-state index in [0.717, 1.165) is 32.4 Å². The molecule has 0 aromatic carbocycles. The first-order valence-corrected chi connectivity index (χ1v) is 6.68. The average Bonchev–Trinajstić information content (AvgIpc) is 2.88. The number of rotatable bonds is 11. The number of furan rings is 1. The molecule has 0 aliphatic rings. The van der Waals surface area contributed by atoms with Gasteiger partial charge >= 0.3 is 0 Å². The van der Waals surface area contributed by atoms with Crippen LogP contribution >= 0.6 is 0 Å². The second-order valence-corrected chi connectivity index (χ2v) is 4.38. The normalized spacial score (nSPS) is 12.8. The van der Waals surface area contributed by atoms with E-state index in [-0.39, 0.29) is 0 Å². The quantitative estimate of drug-likeness (QED) is 0.616. The van der Waals surface area contributed by atoms with E-state index in [1.165, 1.54) is 5.56 Å². The Morgan fingerprint density at radius 2 is 2.22 bits per heavy atom. The lowest BCUT2D eigenvalue weighted by molar-refractivity contribution is 0.0658. The molecule has 0 radical (unpaired) electrons. The Bertz CT molecular complexity index is 275. The molecule has 0 aliphatic heterocycles. The summed E-state index contributed by atoms with van der Waals surface area (Å²) < 4.78 is 15.6. The van der Waals surface area contributed by atoms with Crippen molar-refractivity contribution in [3.05, 3.63) is 24.2 Å². The Morgan fingerprint density at radius 3 is 2.89 bits per heavy atom. The Hall–Kier alpha value is -0.840. The third-order valence-electron chi connectivity index (χ3n) is 2.79. The highest BCUT2D eigenvalue weighted by Crippen LogP contribution is 2.07. The molecule has 1 unspecified atom stereocenters. The minimum absolute atomic E-state index is 0.449. The average molecular weight is 255 g/mol. The zero-order valence-corrected chi connectivity index (χ0v) is 11.5. The Balaban J connectivity index is 2.22. The molecule has 1 rings (SSSR count). The fraction of sp³-hybridized carbons (Fsp3) is 0.714. The Kier molecular flexibility index (Phi) is 8.55. The predicted octanol–water partition coefficient (Wildman–Crippen LogP) is 2.24. The van der Waals surface area contributed by atoms with Gasteiger partial charge in [-0.3, -0.25) is 0 Å². The van der Waals surface area contributed by atoms with Crippen molar-refractivity contribution in [2.45, 2.75) is 32.2 Å². The smallest absolute Gasteiger partial charge is 0.0935 e. The lowest BCUT2D eigenvalue weighted by Gasteiger charge is -2.17. The first-order valence-electron chi connectivity index (χ1n) is 6.68. The SMILES string of the molecule is CCCNC(CCOCCOC)Cc1ccoc1. The van der Waals surface area contributed by atoms with Gasteiger partial charge in [-0.25, -0.2) is 0 Å². The van der Waals surface area contributed by atoms with Crippen LogP contribution in [0.3, 0.4) is 0 Å². The maximum absolute atomic E-state index is 5.52. The van der Waals surface area contributed by atoms with Crippen molar-refractivity contribution in [2.75, 3.05) is 33.5 Å². The zero-order chi connectivity index (χ0) is 13.1. The Morgan fingerprint density at radius 1 is 1.33 bits per heavy atom. The Labute approximate surface area is 110 Å². The van der Waals surface area contributed by atoms with Crippen molar-refractivity contribution in [3.63, 3.8) is 0 Å². The lowest BCUT2D eigenvalue weighted by atomic mass is 10.1. The summed E-state index contributed by atoms with van der Waals surface area (Å²) >= 11 is 0. The van der Waals surface area contributed by atoms with Crippen LogP contribution in [-0.2, 0) is 15.9 Å². The van der Waals surface area contributed by atoms with Crippen LogP contribution in [0.25, 0.3) is 0 Å². The third-order valence-corrected chi connectivity index (χ3v) is 2.79. The van der Waals surface area contributed by atoms with Crippen molar-refractivity contribution in [3.8, 4) is 0 Å². The maximum Gasteiger partial charge on any atom is 0.0935 e. The number of ether oxygens (including phenoxy) is 2. The van der Waals surface area contributed by atoms with Gasteiger partial charge in [-0.05, 0) is 37.4 Å². The fourth-order valence-corrected chi connectivity index (χ4v) is 1.79. The van der Waals surface area contributed by atoms with Crippen LogP contribution in [0.5, 0.6) is 0 Å². The summed E-state index contributed by atoms with van der Waals surface area (Å²) in [7, 11) is 1.69. The van der Waals surface area contributed by atoms with E-state index >= 15 is 0 Å². The molecule has 0 amide bonds. The molecule has 1 N–H and O–H groups in total. The summed E-state index contributed by atoms with van der Waals surface area (Å²) in [5.41, 5.74) is 1.24. The van der Waals surface area contributed by atoms with Crippen LogP contribution in [0, 0.1) is 0 Å². The molecule has 4 nitrogen and oxygen atoms in total. The van der Waals surface area contributed by atoms with Gasteiger partial charge in [0.15, 0.2) is 0 Å². The van der Waals surface area contributed by atoms with E-state index in [0.29, 0.717) is 19.3 Å². The van der Waals surface area contributed by atoms with Crippen molar-refractivity contribution in [1.29, 1.82) is 0 Å². The molecule has 0 saturated carbocycles. The molecule has 0 saturated heterocycles. The molecular weight excluding hydrogens is 230 g/mol. The largest absolute Gasteiger partial charge is 0.472 e. The van der Waals surface area contributed by atoms with E-state index in [9.17, 15) is 0 Å². The lowest BCUT2D eigenvalue weighted by Crippen LogP contribution is -2.33. The van der Waals surface area contributed by atoms with Gasteiger partial charge in [-0.2, -0.15) is 0 Å². The number of hydrogen-bond acceptors (Lipinski definition) is 4. The van der Waals surface area contributed by atoms with Gasteiger partial charge in [-0.1, -0.05) is 6.92 Å². The molecular formula is C14H25NO3. The third kappa shape index (κ3) is 6.79. The summed E-state index contributed by atoms with van der Waals surface area (Å²) in [6.07, 6.45) is 6.68. The van der Waals surface area contributed by atoms with Crippen molar-refractivity contribution in [2.24, 2.45) is 0 Å². The molecule has 0 spiro atoms. The first kappa shape index (κ1) is 15.2. The fourth-order valence-electron chi connectivity index (χ4n) is 1.79. The van der Waals surface area contributed by atoms with Crippen LogP contribution in [-0.4, -0.2) is 39.5 Å². The maximum atomic E-state index is 5.52. The van der Waals surface area contributed by atoms with E-state index in [1.54, 1.807) is 13.4 Å². The minimum Gasteiger partial charge on any atom is -0.472 e. The van der Waals surface area contributed by atoms with Gasteiger partial charge in [0.05, 0.1) is 25.7 Å². The topological polar surface area (TPSA) is 43.6 Å². The molecule has 1 aromatic heterocycles. The van der Waals surface area contributed by atoms with Crippen LogP contribution in [0.2, 0.25) is 0 Å². The molecule has 18 heavy (non-hydrogen) atoms. The highest BCUT2D eigenvalue weighted by atomic mass is 16.5. The molecule has 0 fully saturated rings. The molecule has 0 bridgehead atoms. The van der Waals surface area contributed by atoms with Crippen LogP contribution in [0.15, 0.2) is 23.0 Å². The molecule has 104 valence electrons. The van der Waals surface area contributed by atoms with E-state index in [2.05, 4.69) is 12.2 Å². The summed E-state index contributed by atoms with van der Waals surface area (Å²) in [5.74, 6) is 0. The molecule has 1 aromatic rings. The molecule has 4 heteroatoms. The monoisotopic (exact) mass is 255 g/mol. The van der Waals surface area contributed by atoms with Crippen molar-refractivity contribution in [1.82, 2.24) is 5.32 Å². The standard InChI is InChI=1S/C14H25NO3/c1-3-6-15-14(5-8-17-10-9-16-2)11-13-4-7-18-12-13/h4,7,12,14-15H,3,5-6,8-11H2,1-2H3. The molecule has 1 atom stereocenters. The first-order chi connectivity index (χ1) is 8.86. The van der Waals surface area contributed by atoms with Gasteiger partial charge in [0.25, 0.3) is 0 Å². The van der Waals surface area contributed by atoms with Gasteiger partial charge < -0.3 is 19.2 Å². The van der Waals surface area contributed by atoms with Gasteiger partial charge in [0.1, 0.15) is 0 Å². The van der Waals surface area contributed by atoms with Gasteiger partial charge in [0, 0.05) is 19.8 Å². The van der Waals surface area contributed by atoms with Gasteiger partial charge in [0.2, 0.25) is 0 Å². The summed E-state index contributed by atoms with van der Waals surface area (Å²) in [6, 6.07) is 2.47. The van der Waals surface area contributed by atoms with Crippen LogP contribution in [0.4, 0.5) is 0 Å². The number of methoxy groups -OCH3 is 1. The van der Waals surface area contributed by atoms with Crippen molar-refractivity contribution < 1.29 is 13.9 Å². The zero-order valence-electron chi connectivity index (χ0n) is 11.5. The second kappa shape index (κ2) is 10.1. The van der Waals surface area contributed by atoms with Crippen LogP contribution in [0.1, 0.15) is 25.3 Å². The summed E-state index contributed by atoms with van der Waals surface area (Å²) in [5, 5.41) is 3.55. The van der Waals surface area contributed by atoms with E-state index in [1.807, 2.05) is 12.3 Å². The molecule has 0 aliphatic carbocycles. The number of hydrogen-bond donors (Lipinski definition) is 1. The molecule has 1 heterocycles. The van der Waals surface area contributed by atoms with Gasteiger partial charge in [-0.15, -0.1) is 0 Å². The summed E-state index contributed by atoms with van der Waals surface area (Å²) in [6.45, 7) is 5.32. The number of nitrogens with one attached hydrogen (secondary N) is 1.